The Morgan fingerprint density at radius 3 is 3.11 bits per heavy atom. The van der Waals surface area contributed by atoms with Gasteiger partial charge in [0.05, 0.1) is 19.1 Å². The molecule has 1 aromatic rings. The lowest BCUT2D eigenvalue weighted by molar-refractivity contribution is -0.144. The van der Waals surface area contributed by atoms with Crippen LogP contribution in [0.3, 0.4) is 0 Å². The van der Waals surface area contributed by atoms with Gasteiger partial charge in [0.1, 0.15) is 0 Å². The molecule has 0 fully saturated rings. The maximum atomic E-state index is 11.8. The number of esters is 1. The van der Waals surface area contributed by atoms with Gasteiger partial charge in [-0.15, -0.1) is 11.3 Å². The highest BCUT2D eigenvalue weighted by atomic mass is 32.1. The van der Waals surface area contributed by atoms with E-state index in [-0.39, 0.29) is 30.8 Å². The molecule has 2 rings (SSSR count). The van der Waals surface area contributed by atoms with Gasteiger partial charge in [-0.25, -0.2) is 0 Å². The summed E-state index contributed by atoms with van der Waals surface area (Å²) < 4.78 is 4.81. The number of thiophene rings is 1. The largest absolute Gasteiger partial charge is 0.466 e. The molecule has 5 heteroatoms. The maximum Gasteiger partial charge on any atom is 0.306 e. The number of rotatable bonds is 5. The molecule has 1 aliphatic rings. The van der Waals surface area contributed by atoms with E-state index in [1.165, 1.54) is 10.4 Å². The summed E-state index contributed by atoms with van der Waals surface area (Å²) >= 11 is 1.76. The zero-order valence-corrected chi connectivity index (χ0v) is 11.9. The minimum Gasteiger partial charge on any atom is -0.466 e. The van der Waals surface area contributed by atoms with Gasteiger partial charge in [-0.2, -0.15) is 0 Å². The molecule has 0 aromatic carbocycles. The van der Waals surface area contributed by atoms with E-state index in [0.717, 1.165) is 19.3 Å². The van der Waals surface area contributed by atoms with Crippen molar-refractivity contribution in [2.75, 3.05) is 6.61 Å². The average Bonchev–Trinajstić information content (AvgIpc) is 2.86. The molecule has 0 saturated heterocycles. The lowest BCUT2D eigenvalue weighted by atomic mass is 9.94. The summed E-state index contributed by atoms with van der Waals surface area (Å²) in [7, 11) is 0. The molecule has 4 nitrogen and oxygen atoms in total. The number of carbonyl (C=O) groups excluding carboxylic acids is 2. The zero-order valence-electron chi connectivity index (χ0n) is 11.1. The molecule has 1 N–H and O–H groups in total. The monoisotopic (exact) mass is 281 g/mol. The first-order valence-corrected chi connectivity index (χ1v) is 7.60. The molecular weight excluding hydrogens is 262 g/mol. The number of carbonyl (C=O) groups is 2. The molecule has 0 radical (unpaired) electrons. The molecule has 1 amide bonds. The van der Waals surface area contributed by atoms with E-state index in [0.29, 0.717) is 6.61 Å². The van der Waals surface area contributed by atoms with Crippen LogP contribution in [0.2, 0.25) is 0 Å². The Labute approximate surface area is 117 Å². The molecule has 1 aromatic heterocycles. The summed E-state index contributed by atoms with van der Waals surface area (Å²) in [6.07, 6.45) is 3.56. The fourth-order valence-corrected chi connectivity index (χ4v) is 3.34. The van der Waals surface area contributed by atoms with Crippen LogP contribution in [0.25, 0.3) is 0 Å². The SMILES string of the molecule is CCOC(=O)CCC(=O)NC1CCCc2sccc21. The molecule has 1 unspecified atom stereocenters. The highest BCUT2D eigenvalue weighted by molar-refractivity contribution is 7.10. The molecule has 19 heavy (non-hydrogen) atoms. The van der Waals surface area contributed by atoms with Crippen molar-refractivity contribution in [1.29, 1.82) is 0 Å². The van der Waals surface area contributed by atoms with Crippen LogP contribution in [0.5, 0.6) is 0 Å². The zero-order chi connectivity index (χ0) is 13.7. The molecule has 0 bridgehead atoms. The van der Waals surface area contributed by atoms with Crippen molar-refractivity contribution in [1.82, 2.24) is 5.32 Å². The Morgan fingerprint density at radius 2 is 2.32 bits per heavy atom. The van der Waals surface area contributed by atoms with E-state index >= 15 is 0 Å². The lowest BCUT2D eigenvalue weighted by Gasteiger charge is -2.23. The molecule has 0 saturated carbocycles. The van der Waals surface area contributed by atoms with E-state index in [1.54, 1.807) is 18.3 Å². The quantitative estimate of drug-likeness (QED) is 0.844. The van der Waals surface area contributed by atoms with Crippen LogP contribution < -0.4 is 5.32 Å². The molecule has 1 atom stereocenters. The Hall–Kier alpha value is -1.36. The van der Waals surface area contributed by atoms with Crippen molar-refractivity contribution in [3.05, 3.63) is 21.9 Å². The molecule has 0 aliphatic heterocycles. The van der Waals surface area contributed by atoms with Crippen LogP contribution in [0.15, 0.2) is 11.4 Å². The summed E-state index contributed by atoms with van der Waals surface area (Å²) in [6, 6.07) is 2.21. The van der Waals surface area contributed by atoms with Gasteiger partial charge in [0, 0.05) is 11.3 Å². The summed E-state index contributed by atoms with van der Waals surface area (Å²) in [6.45, 7) is 2.12. The Kier molecular flexibility index (Phi) is 4.96. The van der Waals surface area contributed by atoms with Crippen LogP contribution in [-0.4, -0.2) is 18.5 Å². The summed E-state index contributed by atoms with van der Waals surface area (Å²) in [5, 5.41) is 5.10. The second-order valence-electron chi connectivity index (χ2n) is 4.62. The maximum absolute atomic E-state index is 11.8. The number of nitrogens with one attached hydrogen (secondary N) is 1. The molecule has 0 spiro atoms. The minimum absolute atomic E-state index is 0.0721. The van der Waals surface area contributed by atoms with Crippen molar-refractivity contribution >= 4 is 23.2 Å². The fourth-order valence-electron chi connectivity index (χ4n) is 2.35. The standard InChI is InChI=1S/C14H19NO3S/c1-2-18-14(17)7-6-13(16)15-11-4-3-5-12-10(11)8-9-19-12/h8-9,11H,2-7H2,1H3,(H,15,16). The number of amides is 1. The van der Waals surface area contributed by atoms with Crippen LogP contribution in [0.1, 0.15) is 49.1 Å². The summed E-state index contributed by atoms with van der Waals surface area (Å²) in [5.41, 5.74) is 1.25. The number of hydrogen-bond donors (Lipinski definition) is 1. The van der Waals surface area contributed by atoms with Crippen molar-refractivity contribution in [2.24, 2.45) is 0 Å². The van der Waals surface area contributed by atoms with Crippen LogP contribution in [-0.2, 0) is 20.7 Å². The number of ether oxygens (including phenoxy) is 1. The smallest absolute Gasteiger partial charge is 0.306 e. The topological polar surface area (TPSA) is 55.4 Å². The number of hydrogen-bond acceptors (Lipinski definition) is 4. The van der Waals surface area contributed by atoms with Gasteiger partial charge in [-0.1, -0.05) is 0 Å². The van der Waals surface area contributed by atoms with E-state index in [2.05, 4.69) is 16.8 Å². The van der Waals surface area contributed by atoms with E-state index in [9.17, 15) is 9.59 Å². The predicted octanol–water partition coefficient (Wildman–Crippen LogP) is 2.58. The van der Waals surface area contributed by atoms with Gasteiger partial charge < -0.3 is 10.1 Å². The second-order valence-corrected chi connectivity index (χ2v) is 5.62. The third-order valence-corrected chi connectivity index (χ3v) is 4.25. The van der Waals surface area contributed by atoms with E-state index < -0.39 is 0 Å². The van der Waals surface area contributed by atoms with Crippen LogP contribution in [0.4, 0.5) is 0 Å². The highest BCUT2D eigenvalue weighted by Crippen LogP contribution is 2.33. The molecule has 104 valence electrons. The van der Waals surface area contributed by atoms with Gasteiger partial charge in [-0.3, -0.25) is 9.59 Å². The molecular formula is C14H19NO3S. The third-order valence-electron chi connectivity index (χ3n) is 3.25. The predicted molar refractivity (Wildman–Crippen MR) is 74.0 cm³/mol. The Balaban J connectivity index is 1.82. The Bertz CT molecular complexity index is 455. The third kappa shape index (κ3) is 3.80. The van der Waals surface area contributed by atoms with Crippen LogP contribution >= 0.6 is 11.3 Å². The first-order chi connectivity index (χ1) is 9.20. The average molecular weight is 281 g/mol. The van der Waals surface area contributed by atoms with Crippen molar-refractivity contribution < 1.29 is 14.3 Å². The van der Waals surface area contributed by atoms with Gasteiger partial charge in [0.25, 0.3) is 0 Å². The fraction of sp³-hybridized carbons (Fsp3) is 0.571. The van der Waals surface area contributed by atoms with Crippen LogP contribution in [0, 0.1) is 0 Å². The molecule has 1 aliphatic carbocycles. The lowest BCUT2D eigenvalue weighted by Crippen LogP contribution is -2.30. The van der Waals surface area contributed by atoms with E-state index in [4.69, 9.17) is 4.74 Å². The normalized spacial score (nSPS) is 17.6. The number of fused-ring (bicyclic) bond motifs is 1. The van der Waals surface area contributed by atoms with Crippen molar-refractivity contribution in [3.63, 3.8) is 0 Å². The highest BCUT2D eigenvalue weighted by Gasteiger charge is 2.22. The summed E-state index contributed by atoms with van der Waals surface area (Å²) in [4.78, 5) is 24.4. The summed E-state index contributed by atoms with van der Waals surface area (Å²) in [5.74, 6) is -0.380. The number of aryl methyl sites for hydroxylation is 1. The Morgan fingerprint density at radius 1 is 1.47 bits per heavy atom. The van der Waals surface area contributed by atoms with Gasteiger partial charge in [0.15, 0.2) is 0 Å². The van der Waals surface area contributed by atoms with E-state index in [1.807, 2.05) is 0 Å². The minimum atomic E-state index is -0.308. The van der Waals surface area contributed by atoms with Gasteiger partial charge in [-0.05, 0) is 43.2 Å². The van der Waals surface area contributed by atoms with Gasteiger partial charge in [0.2, 0.25) is 5.91 Å². The van der Waals surface area contributed by atoms with Crippen molar-refractivity contribution in [3.8, 4) is 0 Å². The molecule has 1 heterocycles. The first kappa shape index (κ1) is 14.1. The first-order valence-electron chi connectivity index (χ1n) is 6.72. The van der Waals surface area contributed by atoms with Gasteiger partial charge >= 0.3 is 5.97 Å². The van der Waals surface area contributed by atoms with Crippen molar-refractivity contribution in [2.45, 2.75) is 45.1 Å². The second kappa shape index (κ2) is 6.70.